The highest BCUT2D eigenvalue weighted by atomic mass is 35.5. The monoisotopic (exact) mass is 445 g/mol. The SMILES string of the molecule is C[C@@H](c1nc2cc(Cl)ccc2c(=O)n1C)N(C)C(=O)C(c1ccccc1)c1ccccc1. The molecule has 32 heavy (non-hydrogen) atoms. The van der Waals surface area contributed by atoms with Crippen LogP contribution >= 0.6 is 11.6 Å². The van der Waals surface area contributed by atoms with Gasteiger partial charge < -0.3 is 4.90 Å². The number of fused-ring (bicyclic) bond motifs is 1. The summed E-state index contributed by atoms with van der Waals surface area (Å²) in [6, 6.07) is 24.0. The lowest BCUT2D eigenvalue weighted by atomic mass is 9.89. The quantitative estimate of drug-likeness (QED) is 0.437. The van der Waals surface area contributed by atoms with Crippen LogP contribution in [-0.4, -0.2) is 27.4 Å². The van der Waals surface area contributed by atoms with E-state index in [-0.39, 0.29) is 11.5 Å². The Bertz CT molecular complexity index is 1280. The molecule has 0 radical (unpaired) electrons. The maximum atomic E-state index is 13.8. The average Bonchev–Trinajstić information content (AvgIpc) is 2.82. The molecule has 0 aliphatic carbocycles. The first kappa shape index (κ1) is 21.8. The van der Waals surface area contributed by atoms with Crippen LogP contribution < -0.4 is 5.56 Å². The zero-order valence-corrected chi connectivity index (χ0v) is 19.0. The molecule has 0 spiro atoms. The number of amides is 1. The summed E-state index contributed by atoms with van der Waals surface area (Å²) in [5.41, 5.74) is 2.17. The predicted molar refractivity (Wildman–Crippen MR) is 128 cm³/mol. The van der Waals surface area contributed by atoms with Crippen LogP contribution in [0.25, 0.3) is 10.9 Å². The molecule has 0 fully saturated rings. The van der Waals surface area contributed by atoms with E-state index in [1.807, 2.05) is 67.6 Å². The van der Waals surface area contributed by atoms with Crippen LogP contribution in [0.1, 0.15) is 35.8 Å². The summed E-state index contributed by atoms with van der Waals surface area (Å²) in [7, 11) is 3.43. The van der Waals surface area contributed by atoms with Crippen LogP contribution in [-0.2, 0) is 11.8 Å². The summed E-state index contributed by atoms with van der Waals surface area (Å²) in [4.78, 5) is 33.0. The van der Waals surface area contributed by atoms with E-state index < -0.39 is 12.0 Å². The van der Waals surface area contributed by atoms with Gasteiger partial charge in [0.2, 0.25) is 5.91 Å². The van der Waals surface area contributed by atoms with E-state index in [2.05, 4.69) is 4.98 Å². The Labute approximate surface area is 191 Å². The minimum absolute atomic E-state index is 0.0738. The van der Waals surface area contributed by atoms with Crippen molar-refractivity contribution in [3.8, 4) is 0 Å². The van der Waals surface area contributed by atoms with Gasteiger partial charge in [0.15, 0.2) is 0 Å². The number of hydrogen-bond donors (Lipinski definition) is 0. The molecule has 4 rings (SSSR count). The van der Waals surface area contributed by atoms with Gasteiger partial charge in [0.1, 0.15) is 5.82 Å². The highest BCUT2D eigenvalue weighted by molar-refractivity contribution is 6.31. The Morgan fingerprint density at radius 3 is 2.09 bits per heavy atom. The van der Waals surface area contributed by atoms with Gasteiger partial charge in [0.25, 0.3) is 5.56 Å². The molecule has 0 bridgehead atoms. The van der Waals surface area contributed by atoms with Gasteiger partial charge in [-0.2, -0.15) is 0 Å². The maximum absolute atomic E-state index is 13.8. The number of carbonyl (C=O) groups is 1. The summed E-state index contributed by atoms with van der Waals surface area (Å²) < 4.78 is 1.50. The van der Waals surface area contributed by atoms with E-state index in [1.165, 1.54) is 4.57 Å². The minimum Gasteiger partial charge on any atom is -0.335 e. The lowest BCUT2D eigenvalue weighted by Crippen LogP contribution is -2.37. The topological polar surface area (TPSA) is 55.2 Å². The fourth-order valence-corrected chi connectivity index (χ4v) is 4.14. The fourth-order valence-electron chi connectivity index (χ4n) is 3.97. The van der Waals surface area contributed by atoms with Crippen molar-refractivity contribution < 1.29 is 4.79 Å². The van der Waals surface area contributed by atoms with Crippen LogP contribution in [0.15, 0.2) is 83.7 Å². The van der Waals surface area contributed by atoms with E-state index in [0.717, 1.165) is 11.1 Å². The Balaban J connectivity index is 1.76. The van der Waals surface area contributed by atoms with E-state index in [4.69, 9.17) is 11.6 Å². The maximum Gasteiger partial charge on any atom is 0.261 e. The predicted octanol–water partition coefficient (Wildman–Crippen LogP) is 4.94. The third-order valence-electron chi connectivity index (χ3n) is 5.89. The molecule has 0 unspecified atom stereocenters. The van der Waals surface area contributed by atoms with Gasteiger partial charge >= 0.3 is 0 Å². The van der Waals surface area contributed by atoms with Crippen LogP contribution in [0.5, 0.6) is 0 Å². The number of benzene rings is 3. The number of likely N-dealkylation sites (N-methyl/N-ethyl adjacent to an activating group) is 1. The molecule has 0 aliphatic rings. The molecule has 1 aromatic heterocycles. The number of hydrogen-bond acceptors (Lipinski definition) is 3. The van der Waals surface area contributed by atoms with E-state index in [1.54, 1.807) is 37.2 Å². The Morgan fingerprint density at radius 2 is 1.53 bits per heavy atom. The molecular weight excluding hydrogens is 422 g/mol. The molecule has 6 heteroatoms. The normalized spacial score (nSPS) is 12.2. The third kappa shape index (κ3) is 4.04. The van der Waals surface area contributed by atoms with Gasteiger partial charge in [0.05, 0.1) is 22.9 Å². The number of nitrogens with zero attached hydrogens (tertiary/aromatic N) is 3. The van der Waals surface area contributed by atoms with Crippen molar-refractivity contribution in [3.63, 3.8) is 0 Å². The Hall–Kier alpha value is -3.44. The molecule has 4 aromatic rings. The largest absolute Gasteiger partial charge is 0.335 e. The van der Waals surface area contributed by atoms with Gasteiger partial charge in [-0.25, -0.2) is 4.98 Å². The Morgan fingerprint density at radius 1 is 0.969 bits per heavy atom. The first-order chi connectivity index (χ1) is 15.4. The first-order valence-electron chi connectivity index (χ1n) is 10.4. The molecule has 5 nitrogen and oxygen atoms in total. The molecule has 0 N–H and O–H groups in total. The number of rotatable bonds is 5. The number of carbonyl (C=O) groups excluding carboxylic acids is 1. The molecule has 0 saturated heterocycles. The van der Waals surface area contributed by atoms with Gasteiger partial charge in [-0.15, -0.1) is 0 Å². The fraction of sp³-hybridized carbons (Fsp3) is 0.192. The third-order valence-corrected chi connectivity index (χ3v) is 6.12. The summed E-state index contributed by atoms with van der Waals surface area (Å²) in [5.74, 6) is -0.0346. The second-order valence-electron chi connectivity index (χ2n) is 7.88. The van der Waals surface area contributed by atoms with E-state index >= 15 is 0 Å². The van der Waals surface area contributed by atoms with Crippen molar-refractivity contribution in [1.82, 2.24) is 14.5 Å². The van der Waals surface area contributed by atoms with Crippen molar-refractivity contribution in [1.29, 1.82) is 0 Å². The van der Waals surface area contributed by atoms with Crippen molar-refractivity contribution in [2.24, 2.45) is 7.05 Å². The summed E-state index contributed by atoms with van der Waals surface area (Å²) in [6.07, 6.45) is 0. The highest BCUT2D eigenvalue weighted by Gasteiger charge is 2.30. The van der Waals surface area contributed by atoms with Crippen LogP contribution in [0.4, 0.5) is 0 Å². The summed E-state index contributed by atoms with van der Waals surface area (Å²) >= 11 is 6.12. The lowest BCUT2D eigenvalue weighted by Gasteiger charge is -2.30. The zero-order valence-electron chi connectivity index (χ0n) is 18.2. The van der Waals surface area contributed by atoms with Gasteiger partial charge in [-0.05, 0) is 36.2 Å². The zero-order chi connectivity index (χ0) is 22.8. The van der Waals surface area contributed by atoms with Crippen LogP contribution in [0.2, 0.25) is 5.02 Å². The Kier molecular flexibility index (Phi) is 6.10. The van der Waals surface area contributed by atoms with Gasteiger partial charge in [-0.1, -0.05) is 72.3 Å². The van der Waals surface area contributed by atoms with E-state index in [0.29, 0.717) is 21.7 Å². The second-order valence-corrected chi connectivity index (χ2v) is 8.31. The minimum atomic E-state index is -0.461. The van der Waals surface area contributed by atoms with Crippen molar-refractivity contribution in [2.75, 3.05) is 7.05 Å². The van der Waals surface area contributed by atoms with Crippen molar-refractivity contribution in [3.05, 3.63) is 111 Å². The number of halogens is 1. The van der Waals surface area contributed by atoms with E-state index in [9.17, 15) is 9.59 Å². The molecular formula is C26H24ClN3O2. The van der Waals surface area contributed by atoms with Crippen LogP contribution in [0, 0.1) is 0 Å². The smallest absolute Gasteiger partial charge is 0.261 e. The first-order valence-corrected chi connectivity index (χ1v) is 10.8. The van der Waals surface area contributed by atoms with Crippen molar-refractivity contribution >= 4 is 28.4 Å². The van der Waals surface area contributed by atoms with Gasteiger partial charge in [0, 0.05) is 19.1 Å². The van der Waals surface area contributed by atoms with Crippen LogP contribution in [0.3, 0.4) is 0 Å². The molecule has 3 aromatic carbocycles. The molecule has 1 amide bonds. The average molecular weight is 446 g/mol. The molecule has 1 heterocycles. The highest BCUT2D eigenvalue weighted by Crippen LogP contribution is 2.30. The molecule has 162 valence electrons. The summed E-state index contributed by atoms with van der Waals surface area (Å²) in [6.45, 7) is 1.88. The van der Waals surface area contributed by atoms with Crippen molar-refractivity contribution in [2.45, 2.75) is 18.9 Å². The standard InChI is InChI=1S/C26H24ClN3O2/c1-17(24-28-22-16-20(27)14-15-21(22)25(31)30(24)3)29(2)26(32)23(18-10-6-4-7-11-18)19-12-8-5-9-13-19/h4-17,23H,1-3H3/t17-/m0/s1. The molecule has 0 aliphatic heterocycles. The number of aromatic nitrogens is 2. The molecule has 1 atom stereocenters. The lowest BCUT2D eigenvalue weighted by molar-refractivity contribution is -0.132. The summed E-state index contributed by atoms with van der Waals surface area (Å²) in [5, 5.41) is 1.00. The molecule has 0 saturated carbocycles. The van der Waals surface area contributed by atoms with Gasteiger partial charge in [-0.3, -0.25) is 14.2 Å². The second kappa shape index (κ2) is 8.97.